The van der Waals surface area contributed by atoms with Gasteiger partial charge in [0.15, 0.2) is 11.5 Å². The van der Waals surface area contributed by atoms with E-state index in [9.17, 15) is 5.11 Å². The van der Waals surface area contributed by atoms with Crippen LogP contribution in [-0.4, -0.2) is 35.3 Å². The number of quaternary nitrogens is 1. The Labute approximate surface area is 87.9 Å². The van der Waals surface area contributed by atoms with Crippen LogP contribution in [0.3, 0.4) is 0 Å². The van der Waals surface area contributed by atoms with Crippen molar-refractivity contribution in [3.8, 4) is 11.5 Å². The molecule has 0 heterocycles. The number of phenols is 1. The lowest BCUT2D eigenvalue weighted by Gasteiger charge is -2.06. The van der Waals surface area contributed by atoms with Gasteiger partial charge in [-0.2, -0.15) is 0 Å². The highest BCUT2D eigenvalue weighted by Gasteiger charge is 2.04. The Bertz CT molecular complexity index is 314. The van der Waals surface area contributed by atoms with E-state index in [0.717, 1.165) is 5.56 Å². The fraction of sp³-hybridized carbons (Fsp3) is 0.400. The molecule has 1 aromatic carbocycles. The average Bonchev–Trinajstić information content (AvgIpc) is 2.17. The van der Waals surface area contributed by atoms with E-state index in [2.05, 4.69) is 0 Å². The molecule has 0 radical (unpaired) electrons. The summed E-state index contributed by atoms with van der Waals surface area (Å²) in [5, 5.41) is 28.4. The lowest BCUT2D eigenvalue weighted by molar-refractivity contribution is -0.682. The van der Waals surface area contributed by atoms with E-state index >= 15 is 0 Å². The van der Waals surface area contributed by atoms with Gasteiger partial charge in [0, 0.05) is 5.56 Å². The summed E-state index contributed by atoms with van der Waals surface area (Å²) in [5.74, 6) is 0.522. The van der Waals surface area contributed by atoms with Crippen LogP contribution in [-0.2, 0) is 6.54 Å². The minimum atomic E-state index is -1.31. The van der Waals surface area contributed by atoms with Gasteiger partial charge in [-0.15, -0.1) is 0 Å². The van der Waals surface area contributed by atoms with E-state index in [1.807, 2.05) is 6.07 Å². The molecule has 0 fully saturated rings. The highest BCUT2D eigenvalue weighted by Crippen LogP contribution is 2.25. The smallest absolute Gasteiger partial charge is 0.202 e. The molecule has 0 aliphatic rings. The Morgan fingerprint density at radius 2 is 2.13 bits per heavy atom. The van der Waals surface area contributed by atoms with Gasteiger partial charge < -0.3 is 25.4 Å². The van der Waals surface area contributed by atoms with Crippen molar-refractivity contribution in [2.75, 3.05) is 13.7 Å². The molecule has 5 heteroatoms. The molecule has 0 aliphatic heterocycles. The highest BCUT2D eigenvalue weighted by atomic mass is 16.5. The van der Waals surface area contributed by atoms with Crippen molar-refractivity contribution in [2.45, 2.75) is 12.8 Å². The molecule has 1 aromatic rings. The summed E-state index contributed by atoms with van der Waals surface area (Å²) in [6.07, 6.45) is -1.31. The average molecular weight is 214 g/mol. The van der Waals surface area contributed by atoms with Crippen LogP contribution < -0.4 is 10.1 Å². The first-order chi connectivity index (χ1) is 7.13. The van der Waals surface area contributed by atoms with Crippen LogP contribution in [0.4, 0.5) is 0 Å². The fourth-order valence-corrected chi connectivity index (χ4v) is 1.26. The van der Waals surface area contributed by atoms with E-state index in [4.69, 9.17) is 14.9 Å². The molecule has 0 saturated heterocycles. The molecule has 0 aliphatic carbocycles. The van der Waals surface area contributed by atoms with Gasteiger partial charge in [-0.3, -0.25) is 0 Å². The minimum absolute atomic E-state index is 0.0907. The molecule has 0 amide bonds. The van der Waals surface area contributed by atoms with Gasteiger partial charge in [0.2, 0.25) is 6.29 Å². The lowest BCUT2D eigenvalue weighted by Crippen LogP contribution is -2.84. The number of phenolic OH excluding ortho intramolecular Hbond substituents is 1. The topological polar surface area (TPSA) is 86.5 Å². The monoisotopic (exact) mass is 214 g/mol. The Kier molecular flexibility index (Phi) is 4.36. The maximum atomic E-state index is 9.46. The van der Waals surface area contributed by atoms with E-state index in [-0.39, 0.29) is 12.3 Å². The maximum absolute atomic E-state index is 9.46. The number of hydrogen-bond donors (Lipinski definition) is 4. The predicted octanol–water partition coefficient (Wildman–Crippen LogP) is -1.23. The Hall–Kier alpha value is -1.30. The largest absolute Gasteiger partial charge is 0.504 e. The second kappa shape index (κ2) is 5.55. The van der Waals surface area contributed by atoms with Gasteiger partial charge in [-0.05, 0) is 18.2 Å². The number of hydrogen-bond acceptors (Lipinski definition) is 4. The molecule has 84 valence electrons. The van der Waals surface area contributed by atoms with Gasteiger partial charge in [0.05, 0.1) is 7.11 Å². The normalized spacial score (nSPS) is 10.7. The number of aliphatic hydroxyl groups excluding tert-OH is 1. The number of ether oxygens (including phenoxy) is 1. The third-order valence-corrected chi connectivity index (χ3v) is 2.00. The molecular weight excluding hydrogens is 198 g/mol. The zero-order valence-electron chi connectivity index (χ0n) is 8.55. The quantitative estimate of drug-likeness (QED) is 0.462. The Morgan fingerprint density at radius 3 is 2.67 bits per heavy atom. The van der Waals surface area contributed by atoms with Gasteiger partial charge in [-0.1, -0.05) is 0 Å². The van der Waals surface area contributed by atoms with Gasteiger partial charge >= 0.3 is 0 Å². The van der Waals surface area contributed by atoms with Crippen molar-refractivity contribution in [2.24, 2.45) is 0 Å². The fourth-order valence-electron chi connectivity index (χ4n) is 1.26. The first kappa shape index (κ1) is 11.8. The number of nitrogens with two attached hydrogens (primary N) is 1. The van der Waals surface area contributed by atoms with Gasteiger partial charge in [0.25, 0.3) is 0 Å². The number of aromatic hydroxyl groups is 1. The molecule has 1 rings (SSSR count). The van der Waals surface area contributed by atoms with Crippen LogP contribution in [0.2, 0.25) is 0 Å². The standard InChI is InChI=1S/C10H15NO4/c1-15-9-3-2-7(4-8(9)12)5-11-6-10(13)14/h2-4,10-14H,5-6H2,1H3/p+1. The molecule has 0 atom stereocenters. The lowest BCUT2D eigenvalue weighted by atomic mass is 10.2. The first-order valence-corrected chi connectivity index (χ1v) is 4.67. The van der Waals surface area contributed by atoms with Crippen LogP contribution in [0.5, 0.6) is 11.5 Å². The van der Waals surface area contributed by atoms with Crippen molar-refractivity contribution in [3.63, 3.8) is 0 Å². The second-order valence-electron chi connectivity index (χ2n) is 3.22. The number of rotatable bonds is 5. The van der Waals surface area contributed by atoms with Crippen LogP contribution in [0.15, 0.2) is 18.2 Å². The highest BCUT2D eigenvalue weighted by molar-refractivity contribution is 5.41. The minimum Gasteiger partial charge on any atom is -0.504 e. The number of aliphatic hydroxyl groups is 2. The number of benzene rings is 1. The van der Waals surface area contributed by atoms with E-state index < -0.39 is 6.29 Å². The van der Waals surface area contributed by atoms with Crippen molar-refractivity contribution in [1.29, 1.82) is 0 Å². The molecule has 0 saturated carbocycles. The van der Waals surface area contributed by atoms with E-state index in [1.54, 1.807) is 17.4 Å². The molecule has 5 N–H and O–H groups in total. The Morgan fingerprint density at radius 1 is 1.40 bits per heavy atom. The van der Waals surface area contributed by atoms with Crippen LogP contribution in [0.1, 0.15) is 5.56 Å². The maximum Gasteiger partial charge on any atom is 0.202 e. The molecule has 0 bridgehead atoms. The SMILES string of the molecule is COc1ccc(C[NH2+]CC(O)O)cc1O. The summed E-state index contributed by atoms with van der Waals surface area (Å²) in [5.41, 5.74) is 0.897. The van der Waals surface area contributed by atoms with E-state index in [1.165, 1.54) is 7.11 Å². The summed E-state index contributed by atoms with van der Waals surface area (Å²) < 4.78 is 4.90. The van der Waals surface area contributed by atoms with Crippen molar-refractivity contribution in [3.05, 3.63) is 23.8 Å². The van der Waals surface area contributed by atoms with Crippen LogP contribution >= 0.6 is 0 Å². The van der Waals surface area contributed by atoms with E-state index in [0.29, 0.717) is 12.3 Å². The molecule has 0 aromatic heterocycles. The zero-order chi connectivity index (χ0) is 11.3. The predicted molar refractivity (Wildman–Crippen MR) is 53.4 cm³/mol. The van der Waals surface area contributed by atoms with Gasteiger partial charge in [0.1, 0.15) is 13.1 Å². The molecule has 15 heavy (non-hydrogen) atoms. The molecular formula is C10H16NO4+. The second-order valence-corrected chi connectivity index (χ2v) is 3.22. The summed E-state index contributed by atoms with van der Waals surface area (Å²) in [7, 11) is 1.49. The summed E-state index contributed by atoms with van der Waals surface area (Å²) >= 11 is 0. The van der Waals surface area contributed by atoms with Crippen molar-refractivity contribution >= 4 is 0 Å². The zero-order valence-corrected chi connectivity index (χ0v) is 8.55. The summed E-state index contributed by atoms with van der Waals surface area (Å²) in [4.78, 5) is 0. The first-order valence-electron chi connectivity index (χ1n) is 4.67. The van der Waals surface area contributed by atoms with Crippen molar-refractivity contribution < 1.29 is 25.4 Å². The third kappa shape index (κ3) is 3.75. The van der Waals surface area contributed by atoms with Crippen LogP contribution in [0, 0.1) is 0 Å². The van der Waals surface area contributed by atoms with Gasteiger partial charge in [-0.25, -0.2) is 0 Å². The Balaban J connectivity index is 2.52. The molecule has 5 nitrogen and oxygen atoms in total. The number of methoxy groups -OCH3 is 1. The van der Waals surface area contributed by atoms with Crippen molar-refractivity contribution in [1.82, 2.24) is 0 Å². The summed E-state index contributed by atoms with van der Waals surface area (Å²) in [6.45, 7) is 0.794. The molecule has 0 spiro atoms. The molecule has 0 unspecified atom stereocenters. The van der Waals surface area contributed by atoms with Crippen LogP contribution in [0.25, 0.3) is 0 Å². The summed E-state index contributed by atoms with van der Waals surface area (Å²) in [6, 6.07) is 5.09. The third-order valence-electron chi connectivity index (χ3n) is 2.00.